The second-order valence-electron chi connectivity index (χ2n) is 4.28. The van der Waals surface area contributed by atoms with Crippen molar-refractivity contribution in [1.29, 1.82) is 0 Å². The Morgan fingerprint density at radius 1 is 1.17 bits per heavy atom. The third-order valence-electron chi connectivity index (χ3n) is 2.66. The highest BCUT2D eigenvalue weighted by atomic mass is 35.5. The maximum absolute atomic E-state index is 11.4. The summed E-state index contributed by atoms with van der Waals surface area (Å²) < 4.78 is 67.6. The van der Waals surface area contributed by atoms with Crippen molar-refractivity contribution in [2.75, 3.05) is 32.1 Å². The van der Waals surface area contributed by atoms with Crippen molar-refractivity contribution in [2.24, 2.45) is 5.92 Å². The van der Waals surface area contributed by atoms with Gasteiger partial charge in [-0.2, -0.15) is 21.6 Å². The second-order valence-corrected chi connectivity index (χ2v) is 6.65. The van der Waals surface area contributed by atoms with Crippen LogP contribution in [-0.2, 0) is 28.6 Å². The van der Waals surface area contributed by atoms with E-state index in [1.807, 2.05) is 0 Å². The zero-order chi connectivity index (χ0) is 18.1. The Balaban J connectivity index is 0.000000423. The number of hydrogen-bond acceptors (Lipinski definition) is 6. The van der Waals surface area contributed by atoms with Gasteiger partial charge in [0, 0.05) is 11.8 Å². The maximum atomic E-state index is 11.4. The first-order valence-corrected chi connectivity index (χ1v) is 8.83. The number of hydrogen-bond donors (Lipinski definition) is 0. The van der Waals surface area contributed by atoms with Crippen molar-refractivity contribution in [3.05, 3.63) is 0 Å². The van der Waals surface area contributed by atoms with Crippen molar-refractivity contribution in [3.63, 3.8) is 0 Å². The first kappa shape index (κ1) is 22.7. The number of halogens is 5. The zero-order valence-electron chi connectivity index (χ0n) is 12.1. The molecule has 1 fully saturated rings. The fourth-order valence-electron chi connectivity index (χ4n) is 1.48. The summed E-state index contributed by atoms with van der Waals surface area (Å²) in [5.74, 6) is 0.130. The van der Waals surface area contributed by atoms with Gasteiger partial charge in [0.25, 0.3) is 0 Å². The Morgan fingerprint density at radius 2 is 1.70 bits per heavy atom. The van der Waals surface area contributed by atoms with Crippen molar-refractivity contribution < 1.29 is 40.0 Å². The molecule has 0 spiro atoms. The lowest BCUT2D eigenvalue weighted by atomic mass is 9.82. The van der Waals surface area contributed by atoms with Crippen LogP contribution in [-0.4, -0.2) is 58.1 Å². The molecule has 0 unspecified atom stereocenters. The lowest BCUT2D eigenvalue weighted by molar-refractivity contribution is -0.154. The third-order valence-corrected chi connectivity index (χ3v) is 4.01. The number of carbonyl (C=O) groups is 1. The molecule has 1 rings (SSSR count). The summed E-state index contributed by atoms with van der Waals surface area (Å²) >= 11 is 10.3. The van der Waals surface area contributed by atoms with Gasteiger partial charge in [-0.05, 0) is 12.8 Å². The molecule has 0 aromatic rings. The average Bonchev–Trinajstić information content (AvgIpc) is 2.42. The summed E-state index contributed by atoms with van der Waals surface area (Å²) in [6.07, 6.45) is 1.78. The van der Waals surface area contributed by atoms with E-state index in [2.05, 4.69) is 8.92 Å². The molecule has 23 heavy (non-hydrogen) atoms. The van der Waals surface area contributed by atoms with Crippen LogP contribution in [0.15, 0.2) is 0 Å². The highest BCUT2D eigenvalue weighted by Crippen LogP contribution is 2.30. The molecule has 0 atom stereocenters. The first-order chi connectivity index (χ1) is 10.6. The number of alkyl halides is 5. The topological polar surface area (TPSA) is 78.9 Å². The molecule has 0 aliphatic heterocycles. The van der Waals surface area contributed by atoms with Gasteiger partial charge in [-0.15, -0.1) is 23.2 Å². The third kappa shape index (κ3) is 8.39. The van der Waals surface area contributed by atoms with Gasteiger partial charge in [0.05, 0.1) is 32.3 Å². The normalized spacial score (nSPS) is 21.0. The average molecular weight is 405 g/mol. The van der Waals surface area contributed by atoms with Crippen LogP contribution < -0.4 is 0 Å². The highest BCUT2D eigenvalue weighted by molar-refractivity contribution is 7.87. The lowest BCUT2D eigenvalue weighted by Crippen LogP contribution is -2.37. The maximum Gasteiger partial charge on any atom is 0.523 e. The molecule has 1 saturated carbocycles. The van der Waals surface area contributed by atoms with Gasteiger partial charge in [0.1, 0.15) is 0 Å². The summed E-state index contributed by atoms with van der Waals surface area (Å²) in [6, 6.07) is 0. The minimum Gasteiger partial charge on any atom is -0.469 e. The van der Waals surface area contributed by atoms with Gasteiger partial charge < -0.3 is 9.47 Å². The number of ether oxygens (including phenoxy) is 2. The standard InChI is InChI=1S/C8H13ClO3.C3H4ClF3O3S/c1-11-8(10)6-4-7(5-6)12-3-2-9;4-1-2-10-11(8,9)3(5,6)7/h6-7H,2-5H2,1H3;1-2H2. The highest BCUT2D eigenvalue weighted by Gasteiger charge is 2.47. The Hall–Kier alpha value is -0.290. The van der Waals surface area contributed by atoms with Gasteiger partial charge in [-0.1, -0.05) is 0 Å². The van der Waals surface area contributed by atoms with Gasteiger partial charge in [0.15, 0.2) is 0 Å². The van der Waals surface area contributed by atoms with E-state index in [1.54, 1.807) is 0 Å². The number of rotatable bonds is 7. The predicted octanol–water partition coefficient (Wildman–Crippen LogP) is 2.28. The van der Waals surface area contributed by atoms with E-state index < -0.39 is 22.2 Å². The van der Waals surface area contributed by atoms with Crippen LogP contribution in [0, 0.1) is 5.92 Å². The van der Waals surface area contributed by atoms with E-state index in [0.29, 0.717) is 12.5 Å². The number of esters is 1. The molecule has 6 nitrogen and oxygen atoms in total. The minimum absolute atomic E-state index is 0.0512. The van der Waals surface area contributed by atoms with Gasteiger partial charge in [-0.3, -0.25) is 8.98 Å². The molecule has 12 heteroatoms. The summed E-state index contributed by atoms with van der Waals surface area (Å²) in [5, 5.41) is 0. The molecule has 0 aromatic heterocycles. The molecule has 1 aliphatic carbocycles. The van der Waals surface area contributed by atoms with E-state index in [0.717, 1.165) is 12.8 Å². The van der Waals surface area contributed by atoms with Crippen molar-refractivity contribution in [3.8, 4) is 0 Å². The molecule has 0 bridgehead atoms. The quantitative estimate of drug-likeness (QED) is 0.280. The monoisotopic (exact) mass is 404 g/mol. The lowest BCUT2D eigenvalue weighted by Gasteiger charge is -2.32. The van der Waals surface area contributed by atoms with Crippen LogP contribution in [0.1, 0.15) is 12.8 Å². The van der Waals surface area contributed by atoms with Gasteiger partial charge >= 0.3 is 21.6 Å². The van der Waals surface area contributed by atoms with E-state index >= 15 is 0 Å². The largest absolute Gasteiger partial charge is 0.523 e. The van der Waals surface area contributed by atoms with Crippen LogP contribution in [0.25, 0.3) is 0 Å². The van der Waals surface area contributed by atoms with E-state index in [9.17, 15) is 26.4 Å². The Labute approximate surface area is 142 Å². The molecular weight excluding hydrogens is 388 g/mol. The second kappa shape index (κ2) is 10.5. The van der Waals surface area contributed by atoms with Crippen molar-refractivity contribution >= 4 is 39.3 Å². The predicted molar refractivity (Wildman–Crippen MR) is 76.8 cm³/mol. The Morgan fingerprint density at radius 3 is 2.09 bits per heavy atom. The smallest absolute Gasteiger partial charge is 0.469 e. The fourth-order valence-corrected chi connectivity index (χ4v) is 2.17. The van der Waals surface area contributed by atoms with Crippen LogP contribution in [0.5, 0.6) is 0 Å². The van der Waals surface area contributed by atoms with Crippen LogP contribution in [0.2, 0.25) is 0 Å². The molecule has 0 heterocycles. The molecule has 1 aliphatic rings. The SMILES string of the molecule is COC(=O)C1CC(OCCCl)C1.O=S(=O)(OCCCl)C(F)(F)F. The molecule has 0 amide bonds. The summed E-state index contributed by atoms with van der Waals surface area (Å²) in [4.78, 5) is 10.9. The van der Waals surface area contributed by atoms with E-state index in [4.69, 9.17) is 27.9 Å². The molecule has 0 radical (unpaired) electrons. The number of methoxy groups -OCH3 is 1. The summed E-state index contributed by atoms with van der Waals surface area (Å²) in [7, 11) is -4.03. The van der Waals surface area contributed by atoms with Crippen molar-refractivity contribution in [2.45, 2.75) is 24.5 Å². The van der Waals surface area contributed by atoms with Crippen molar-refractivity contribution in [1.82, 2.24) is 0 Å². The van der Waals surface area contributed by atoms with Gasteiger partial charge in [-0.25, -0.2) is 0 Å². The molecule has 0 aromatic carbocycles. The molecular formula is C11H17Cl2F3O6S. The molecule has 138 valence electrons. The molecule has 0 N–H and O–H groups in total. The van der Waals surface area contributed by atoms with Crippen LogP contribution in [0.4, 0.5) is 13.2 Å². The van der Waals surface area contributed by atoms with E-state index in [1.165, 1.54) is 7.11 Å². The minimum atomic E-state index is -5.44. The Bertz CT molecular complexity index is 451. The van der Waals surface area contributed by atoms with Gasteiger partial charge in [0.2, 0.25) is 0 Å². The zero-order valence-corrected chi connectivity index (χ0v) is 14.5. The Kier molecular flexibility index (Phi) is 10.4. The summed E-state index contributed by atoms with van der Waals surface area (Å²) in [5.41, 5.74) is -5.36. The molecule has 0 saturated heterocycles. The van der Waals surface area contributed by atoms with Crippen LogP contribution >= 0.6 is 23.2 Å². The van der Waals surface area contributed by atoms with Crippen LogP contribution in [0.3, 0.4) is 0 Å². The fraction of sp³-hybridized carbons (Fsp3) is 0.909. The first-order valence-electron chi connectivity index (χ1n) is 6.36. The van der Waals surface area contributed by atoms with E-state index in [-0.39, 0.29) is 23.9 Å². The number of carbonyl (C=O) groups excluding carboxylic acids is 1. The summed E-state index contributed by atoms with van der Waals surface area (Å²) in [6.45, 7) is -0.108.